The molecule has 1 aromatic rings. The third kappa shape index (κ3) is 6.41. The van der Waals surface area contributed by atoms with Crippen molar-refractivity contribution in [1.29, 1.82) is 0 Å². The van der Waals surface area contributed by atoms with Crippen molar-refractivity contribution >= 4 is 31.8 Å². The third-order valence-electron chi connectivity index (χ3n) is 4.92. The Bertz CT molecular complexity index is 527. The van der Waals surface area contributed by atoms with Crippen LogP contribution in [-0.2, 0) is 9.84 Å². The zero-order valence-corrected chi connectivity index (χ0v) is 19.1. The average molecular weight is 445 g/mol. The molecule has 0 fully saturated rings. The first-order valence-electron chi connectivity index (χ1n) is 9.20. The zero-order chi connectivity index (χ0) is 17.3. The van der Waals surface area contributed by atoms with Crippen LogP contribution >= 0.6 is 0 Å². The van der Waals surface area contributed by atoms with Crippen LogP contribution in [0.15, 0.2) is 29.2 Å². The van der Waals surface area contributed by atoms with E-state index in [-0.39, 0.29) is 0 Å². The molecule has 0 saturated carbocycles. The van der Waals surface area contributed by atoms with E-state index in [1.165, 1.54) is 58.1 Å². The Morgan fingerprint density at radius 3 is 1.48 bits per heavy atom. The summed E-state index contributed by atoms with van der Waals surface area (Å²) in [5.41, 5.74) is 0. The van der Waals surface area contributed by atoms with E-state index in [9.17, 15) is 8.42 Å². The summed E-state index contributed by atoms with van der Waals surface area (Å²) in [7, 11) is -3.09. The molecule has 0 saturated heterocycles. The molecule has 0 amide bonds. The second-order valence-electron chi connectivity index (χ2n) is 6.89. The van der Waals surface area contributed by atoms with Crippen LogP contribution in [0.2, 0.25) is 13.3 Å². The van der Waals surface area contributed by atoms with Gasteiger partial charge in [0.15, 0.2) is 0 Å². The Morgan fingerprint density at radius 2 is 1.17 bits per heavy atom. The van der Waals surface area contributed by atoms with Crippen molar-refractivity contribution in [3.63, 3.8) is 0 Å². The second-order valence-corrected chi connectivity index (χ2v) is 22.1. The maximum atomic E-state index is 11.7. The molecule has 1 rings (SSSR count). The number of benzene rings is 1. The molecule has 2 nitrogen and oxygen atoms in total. The summed E-state index contributed by atoms with van der Waals surface area (Å²) in [4.78, 5) is 0.461. The van der Waals surface area contributed by atoms with Crippen LogP contribution in [0.4, 0.5) is 0 Å². The van der Waals surface area contributed by atoms with Gasteiger partial charge in [-0.15, -0.1) is 0 Å². The van der Waals surface area contributed by atoms with Crippen LogP contribution in [0.1, 0.15) is 59.3 Å². The monoisotopic (exact) mass is 446 g/mol. The van der Waals surface area contributed by atoms with Crippen LogP contribution in [0.3, 0.4) is 0 Å². The Kier molecular flexibility index (Phi) is 9.20. The molecule has 0 unspecified atom stereocenters. The van der Waals surface area contributed by atoms with E-state index in [0.29, 0.717) is 4.90 Å². The minimum absolute atomic E-state index is 0.461. The predicted octanol–water partition coefficient (Wildman–Crippen LogP) is 5.15. The molecule has 4 heteroatoms. The molecular formula is C19H34O2SSn. The first-order chi connectivity index (χ1) is 10.9. The van der Waals surface area contributed by atoms with E-state index in [4.69, 9.17) is 0 Å². The summed E-state index contributed by atoms with van der Waals surface area (Å²) < 4.78 is 29.3. The van der Waals surface area contributed by atoms with Crippen LogP contribution in [-0.4, -0.2) is 33.1 Å². The van der Waals surface area contributed by atoms with Crippen LogP contribution in [0.25, 0.3) is 0 Å². The van der Waals surface area contributed by atoms with Crippen molar-refractivity contribution in [2.45, 2.75) is 77.5 Å². The summed E-state index contributed by atoms with van der Waals surface area (Å²) in [6.07, 6.45) is 9.07. The Balaban J connectivity index is 3.17. The average Bonchev–Trinajstić information content (AvgIpc) is 2.54. The molecule has 0 atom stereocenters. The van der Waals surface area contributed by atoms with Crippen molar-refractivity contribution < 1.29 is 8.42 Å². The van der Waals surface area contributed by atoms with Crippen LogP contribution in [0, 0.1) is 0 Å². The van der Waals surface area contributed by atoms with Gasteiger partial charge in [-0.2, -0.15) is 0 Å². The molecule has 0 aliphatic carbocycles. The Labute approximate surface area is 147 Å². The van der Waals surface area contributed by atoms with E-state index in [1.54, 1.807) is 3.58 Å². The fourth-order valence-electron chi connectivity index (χ4n) is 3.41. The van der Waals surface area contributed by atoms with E-state index in [0.717, 1.165) is 0 Å². The van der Waals surface area contributed by atoms with Crippen molar-refractivity contribution in [3.8, 4) is 0 Å². The molecule has 132 valence electrons. The molecule has 0 radical (unpaired) electrons. The van der Waals surface area contributed by atoms with Crippen molar-refractivity contribution in [2.24, 2.45) is 0 Å². The van der Waals surface area contributed by atoms with Crippen molar-refractivity contribution in [1.82, 2.24) is 0 Å². The van der Waals surface area contributed by atoms with Gasteiger partial charge in [-0.25, -0.2) is 0 Å². The van der Waals surface area contributed by atoms with Crippen molar-refractivity contribution in [2.75, 3.05) is 6.26 Å². The van der Waals surface area contributed by atoms with Gasteiger partial charge < -0.3 is 0 Å². The normalized spacial score (nSPS) is 12.5. The number of sulfone groups is 1. The first kappa shape index (κ1) is 21.0. The topological polar surface area (TPSA) is 34.1 Å². The minimum atomic E-state index is -3.09. The van der Waals surface area contributed by atoms with E-state index >= 15 is 0 Å². The molecule has 0 bridgehead atoms. The van der Waals surface area contributed by atoms with Gasteiger partial charge in [0.25, 0.3) is 0 Å². The second kappa shape index (κ2) is 10.1. The molecule has 0 spiro atoms. The molecule has 23 heavy (non-hydrogen) atoms. The third-order valence-corrected chi connectivity index (χ3v) is 21.7. The maximum absolute atomic E-state index is 11.7. The molecule has 0 aromatic heterocycles. The van der Waals surface area contributed by atoms with Gasteiger partial charge in [-0.1, -0.05) is 0 Å². The van der Waals surface area contributed by atoms with Gasteiger partial charge in [0.2, 0.25) is 0 Å². The van der Waals surface area contributed by atoms with Gasteiger partial charge in [0.05, 0.1) is 0 Å². The van der Waals surface area contributed by atoms with Gasteiger partial charge in [0.1, 0.15) is 0 Å². The molecule has 0 aliphatic rings. The SMILES string of the molecule is CCC[CH2][Sn]([CH2]CCC)([CH2]CCC)[c]1ccc(S(C)(=O)=O)cc1. The number of hydrogen-bond acceptors (Lipinski definition) is 2. The number of hydrogen-bond donors (Lipinski definition) is 0. The quantitative estimate of drug-likeness (QED) is 0.442. The fraction of sp³-hybridized carbons (Fsp3) is 0.684. The number of unbranched alkanes of at least 4 members (excludes halogenated alkanes) is 3. The first-order valence-corrected chi connectivity index (χ1v) is 18.6. The summed E-state index contributed by atoms with van der Waals surface area (Å²) in [6.45, 7) is 6.84. The molecular weight excluding hydrogens is 411 g/mol. The van der Waals surface area contributed by atoms with Gasteiger partial charge in [-0.05, 0) is 0 Å². The summed E-state index contributed by atoms with van der Waals surface area (Å²) >= 11 is -2.40. The van der Waals surface area contributed by atoms with Gasteiger partial charge in [0, 0.05) is 0 Å². The summed E-state index contributed by atoms with van der Waals surface area (Å²) in [6, 6.07) is 8.02. The van der Waals surface area contributed by atoms with E-state index in [1.807, 2.05) is 12.1 Å². The van der Waals surface area contributed by atoms with Gasteiger partial charge in [-0.3, -0.25) is 0 Å². The van der Waals surface area contributed by atoms with Crippen molar-refractivity contribution in [3.05, 3.63) is 24.3 Å². The predicted molar refractivity (Wildman–Crippen MR) is 104 cm³/mol. The molecule has 0 N–H and O–H groups in total. The molecule has 0 aliphatic heterocycles. The summed E-state index contributed by atoms with van der Waals surface area (Å²) in [5, 5.41) is 0. The fourth-order valence-corrected chi connectivity index (χ4v) is 20.0. The summed E-state index contributed by atoms with van der Waals surface area (Å²) in [5.74, 6) is 0. The Hall–Kier alpha value is -0.0313. The van der Waals surface area contributed by atoms with Gasteiger partial charge >= 0.3 is 148 Å². The zero-order valence-electron chi connectivity index (χ0n) is 15.4. The van der Waals surface area contributed by atoms with E-state index in [2.05, 4.69) is 32.9 Å². The Morgan fingerprint density at radius 1 is 0.783 bits per heavy atom. The van der Waals surface area contributed by atoms with E-state index < -0.39 is 28.2 Å². The van der Waals surface area contributed by atoms with Crippen LogP contribution < -0.4 is 3.58 Å². The van der Waals surface area contributed by atoms with Crippen LogP contribution in [0.5, 0.6) is 0 Å². The standard InChI is InChI=1S/C7H7O2S.3C4H9.Sn/c1-10(8,9)7-5-3-2-4-6-7;3*1-3-4-2;/h3-6H,1H3;3*1,3-4H2,2H3;. The molecule has 1 aromatic carbocycles. The number of rotatable bonds is 11. The molecule has 0 heterocycles.